The normalized spacial score (nSPS) is 11.3. The molecule has 0 aliphatic rings. The number of aryl methyl sites for hydroxylation is 2. The molecule has 0 radical (unpaired) electrons. The van der Waals surface area contributed by atoms with Crippen LogP contribution in [0, 0.1) is 11.6 Å². The Morgan fingerprint density at radius 3 is 2.89 bits per heavy atom. The zero-order valence-corrected chi connectivity index (χ0v) is 10.6. The number of thiazole rings is 1. The van der Waals surface area contributed by atoms with Crippen LogP contribution in [0.25, 0.3) is 11.0 Å². The lowest BCUT2D eigenvalue weighted by atomic mass is 10.3. The maximum Gasteiger partial charge on any atom is 0.201 e. The number of halogens is 2. The summed E-state index contributed by atoms with van der Waals surface area (Å²) in [5.74, 6) is -1.64. The third-order valence-corrected chi connectivity index (χ3v) is 3.70. The van der Waals surface area contributed by atoms with E-state index in [1.165, 1.54) is 22.0 Å². The van der Waals surface area contributed by atoms with E-state index < -0.39 is 11.6 Å². The molecule has 0 saturated heterocycles. The van der Waals surface area contributed by atoms with Crippen molar-refractivity contribution in [1.82, 2.24) is 14.5 Å². The standard InChI is InChI=1S/C12H10F2N4S/c13-7-1-2-8-11(10(7)14)18(12(15)17-8)5-3-9-16-4-6-19-9/h1-2,4,6H,3,5H2,(H2,15,17). The fraction of sp³-hybridized carbons (Fsp3) is 0.167. The Morgan fingerprint density at radius 1 is 1.32 bits per heavy atom. The van der Waals surface area contributed by atoms with Gasteiger partial charge in [-0.15, -0.1) is 11.3 Å². The quantitative estimate of drug-likeness (QED) is 0.802. The van der Waals surface area contributed by atoms with Gasteiger partial charge in [0, 0.05) is 24.5 Å². The number of anilines is 1. The van der Waals surface area contributed by atoms with E-state index in [9.17, 15) is 8.78 Å². The van der Waals surface area contributed by atoms with Crippen LogP contribution in [0.15, 0.2) is 23.7 Å². The van der Waals surface area contributed by atoms with Crippen molar-refractivity contribution in [2.75, 3.05) is 5.73 Å². The first-order chi connectivity index (χ1) is 9.16. The average Bonchev–Trinajstić information content (AvgIpc) is 2.99. The van der Waals surface area contributed by atoms with Gasteiger partial charge < -0.3 is 10.3 Å². The van der Waals surface area contributed by atoms with E-state index in [1.807, 2.05) is 5.38 Å². The van der Waals surface area contributed by atoms with E-state index in [4.69, 9.17) is 5.73 Å². The number of nitrogens with zero attached hydrogens (tertiary/aromatic N) is 3. The summed E-state index contributed by atoms with van der Waals surface area (Å²) in [5, 5.41) is 2.78. The number of rotatable bonds is 3. The van der Waals surface area contributed by atoms with Gasteiger partial charge in [0.2, 0.25) is 5.95 Å². The summed E-state index contributed by atoms with van der Waals surface area (Å²) < 4.78 is 28.6. The van der Waals surface area contributed by atoms with Crippen molar-refractivity contribution in [3.63, 3.8) is 0 Å². The van der Waals surface area contributed by atoms with Gasteiger partial charge in [0.05, 0.1) is 10.5 Å². The number of fused-ring (bicyclic) bond motifs is 1. The van der Waals surface area contributed by atoms with Gasteiger partial charge in [0.1, 0.15) is 5.52 Å². The molecule has 2 N–H and O–H groups in total. The van der Waals surface area contributed by atoms with Gasteiger partial charge in [-0.1, -0.05) is 0 Å². The van der Waals surface area contributed by atoms with Gasteiger partial charge in [0.15, 0.2) is 11.6 Å². The molecule has 0 atom stereocenters. The van der Waals surface area contributed by atoms with Crippen molar-refractivity contribution in [3.8, 4) is 0 Å². The molecular weight excluding hydrogens is 270 g/mol. The molecule has 98 valence electrons. The van der Waals surface area contributed by atoms with Gasteiger partial charge in [-0.2, -0.15) is 0 Å². The summed E-state index contributed by atoms with van der Waals surface area (Å²) in [6, 6.07) is 2.47. The van der Waals surface area contributed by atoms with E-state index >= 15 is 0 Å². The fourth-order valence-corrected chi connectivity index (χ4v) is 2.59. The number of hydrogen-bond donors (Lipinski definition) is 1. The highest BCUT2D eigenvalue weighted by Gasteiger charge is 2.16. The topological polar surface area (TPSA) is 56.7 Å². The molecule has 0 amide bonds. The minimum absolute atomic E-state index is 0.106. The first-order valence-electron chi connectivity index (χ1n) is 5.65. The van der Waals surface area contributed by atoms with Crippen molar-refractivity contribution < 1.29 is 8.78 Å². The lowest BCUT2D eigenvalue weighted by Gasteiger charge is -2.05. The molecule has 3 rings (SSSR count). The highest BCUT2D eigenvalue weighted by Crippen LogP contribution is 2.23. The molecule has 7 heteroatoms. The minimum atomic E-state index is -0.916. The Bertz CT molecular complexity index is 721. The van der Waals surface area contributed by atoms with Gasteiger partial charge in [-0.25, -0.2) is 18.7 Å². The minimum Gasteiger partial charge on any atom is -0.369 e. The maximum atomic E-state index is 13.8. The molecule has 0 unspecified atom stereocenters. The number of nitrogen functional groups attached to an aromatic ring is 1. The van der Waals surface area contributed by atoms with Crippen molar-refractivity contribution in [2.24, 2.45) is 0 Å². The average molecular weight is 280 g/mol. The van der Waals surface area contributed by atoms with Crippen LogP contribution in [0.3, 0.4) is 0 Å². The van der Waals surface area contributed by atoms with E-state index in [2.05, 4.69) is 9.97 Å². The Balaban J connectivity index is 2.02. The molecule has 0 aliphatic heterocycles. The Hall–Kier alpha value is -2.02. The van der Waals surface area contributed by atoms with Crippen LogP contribution in [-0.4, -0.2) is 14.5 Å². The molecule has 2 heterocycles. The smallest absolute Gasteiger partial charge is 0.201 e. The van der Waals surface area contributed by atoms with Crippen LogP contribution >= 0.6 is 11.3 Å². The zero-order chi connectivity index (χ0) is 13.4. The van der Waals surface area contributed by atoms with Gasteiger partial charge in [0.25, 0.3) is 0 Å². The first kappa shape index (κ1) is 12.0. The SMILES string of the molecule is Nc1nc2ccc(F)c(F)c2n1CCc1nccs1. The highest BCUT2D eigenvalue weighted by molar-refractivity contribution is 7.09. The second-order valence-electron chi connectivity index (χ2n) is 4.03. The number of nitrogens with two attached hydrogens (primary N) is 1. The Labute approximate surface area is 111 Å². The summed E-state index contributed by atoms with van der Waals surface area (Å²) >= 11 is 1.51. The van der Waals surface area contributed by atoms with Crippen LogP contribution in [0.4, 0.5) is 14.7 Å². The number of hydrogen-bond acceptors (Lipinski definition) is 4. The second-order valence-corrected chi connectivity index (χ2v) is 5.01. The Kier molecular flexibility index (Phi) is 2.90. The van der Waals surface area contributed by atoms with Gasteiger partial charge in [-0.3, -0.25) is 0 Å². The highest BCUT2D eigenvalue weighted by atomic mass is 32.1. The lowest BCUT2D eigenvalue weighted by Crippen LogP contribution is -2.06. The first-order valence-corrected chi connectivity index (χ1v) is 6.53. The third-order valence-electron chi connectivity index (χ3n) is 2.86. The molecule has 0 bridgehead atoms. The largest absolute Gasteiger partial charge is 0.369 e. The molecule has 19 heavy (non-hydrogen) atoms. The molecule has 2 aromatic heterocycles. The predicted octanol–water partition coefficient (Wildman–Crippen LogP) is 2.60. The summed E-state index contributed by atoms with van der Waals surface area (Å²) in [5.41, 5.74) is 6.22. The molecule has 0 aliphatic carbocycles. The third kappa shape index (κ3) is 2.06. The molecular formula is C12H10F2N4S. The number of benzene rings is 1. The van der Waals surface area contributed by atoms with Crippen molar-refractivity contribution >= 4 is 28.3 Å². The summed E-state index contributed by atoms with van der Waals surface area (Å²) in [7, 11) is 0. The zero-order valence-electron chi connectivity index (χ0n) is 9.81. The molecule has 0 fully saturated rings. The van der Waals surface area contributed by atoms with Gasteiger partial charge in [-0.05, 0) is 12.1 Å². The van der Waals surface area contributed by atoms with Crippen molar-refractivity contribution in [2.45, 2.75) is 13.0 Å². The van der Waals surface area contributed by atoms with E-state index in [-0.39, 0.29) is 11.5 Å². The maximum absolute atomic E-state index is 13.8. The number of imidazole rings is 1. The van der Waals surface area contributed by atoms with Crippen molar-refractivity contribution in [3.05, 3.63) is 40.4 Å². The summed E-state index contributed by atoms with van der Waals surface area (Å²) in [6.07, 6.45) is 2.30. The van der Waals surface area contributed by atoms with Crippen LogP contribution < -0.4 is 5.73 Å². The molecule has 0 spiro atoms. The van der Waals surface area contributed by atoms with Crippen LogP contribution in [-0.2, 0) is 13.0 Å². The molecule has 4 nitrogen and oxygen atoms in total. The molecule has 3 aromatic rings. The number of aromatic nitrogens is 3. The monoisotopic (exact) mass is 280 g/mol. The predicted molar refractivity (Wildman–Crippen MR) is 69.9 cm³/mol. The fourth-order valence-electron chi connectivity index (χ4n) is 1.99. The molecule has 0 saturated carbocycles. The molecule has 1 aromatic carbocycles. The van der Waals surface area contributed by atoms with Crippen molar-refractivity contribution in [1.29, 1.82) is 0 Å². The van der Waals surface area contributed by atoms with Gasteiger partial charge >= 0.3 is 0 Å². The van der Waals surface area contributed by atoms with E-state index in [0.717, 1.165) is 11.1 Å². The van der Waals surface area contributed by atoms with E-state index in [1.54, 1.807) is 6.20 Å². The second kappa shape index (κ2) is 4.58. The van der Waals surface area contributed by atoms with Crippen LogP contribution in [0.1, 0.15) is 5.01 Å². The van der Waals surface area contributed by atoms with E-state index in [0.29, 0.717) is 18.5 Å². The lowest BCUT2D eigenvalue weighted by molar-refractivity contribution is 0.511. The van der Waals surface area contributed by atoms with Crippen LogP contribution in [0.5, 0.6) is 0 Å². The van der Waals surface area contributed by atoms with Crippen LogP contribution in [0.2, 0.25) is 0 Å². The summed E-state index contributed by atoms with van der Waals surface area (Å²) in [4.78, 5) is 8.17. The Morgan fingerprint density at radius 2 is 2.16 bits per heavy atom. The summed E-state index contributed by atoms with van der Waals surface area (Å²) in [6.45, 7) is 0.413.